The van der Waals surface area contributed by atoms with Crippen LogP contribution in [0.2, 0.25) is 0 Å². The van der Waals surface area contributed by atoms with E-state index in [1.807, 2.05) is 0 Å². The Balaban J connectivity index is 1.10. The predicted molar refractivity (Wildman–Crippen MR) is 115 cm³/mol. The number of hydrogen-bond donors (Lipinski definition) is 0. The second kappa shape index (κ2) is 7.45. The molecular formula is C25H40N2O3. The number of esters is 1. The molecule has 0 radical (unpaired) electrons. The van der Waals surface area contributed by atoms with Gasteiger partial charge < -0.3 is 9.47 Å². The third-order valence-electron chi connectivity index (χ3n) is 10.0. The maximum Gasteiger partial charge on any atom is 0.310 e. The SMILES string of the molecule is C[C@]12CCCC3(CO3)C1C[C@@H]1C(CN3CCN(C4CCCCC4)CC3)C(=O)O[C@@H]1C2. The summed E-state index contributed by atoms with van der Waals surface area (Å²) in [6.45, 7) is 8.90. The van der Waals surface area contributed by atoms with E-state index in [1.54, 1.807) is 0 Å². The molecule has 0 amide bonds. The molecule has 3 aliphatic carbocycles. The van der Waals surface area contributed by atoms with Crippen molar-refractivity contribution in [2.45, 2.75) is 88.9 Å². The minimum atomic E-state index is 0.0820. The van der Waals surface area contributed by atoms with Crippen LogP contribution in [0, 0.1) is 23.2 Å². The fourth-order valence-corrected chi connectivity index (χ4v) is 8.20. The Morgan fingerprint density at radius 1 is 1.03 bits per heavy atom. The molecule has 0 aromatic rings. The maximum atomic E-state index is 12.9. The van der Waals surface area contributed by atoms with Gasteiger partial charge in [0.15, 0.2) is 0 Å². The largest absolute Gasteiger partial charge is 0.462 e. The van der Waals surface area contributed by atoms with Crippen LogP contribution in [0.4, 0.5) is 0 Å². The van der Waals surface area contributed by atoms with Gasteiger partial charge in [-0.1, -0.05) is 26.2 Å². The summed E-state index contributed by atoms with van der Waals surface area (Å²) >= 11 is 0. The Labute approximate surface area is 181 Å². The summed E-state index contributed by atoms with van der Waals surface area (Å²) in [6, 6.07) is 0.818. The van der Waals surface area contributed by atoms with Crippen molar-refractivity contribution in [3.63, 3.8) is 0 Å². The fraction of sp³-hybridized carbons (Fsp3) is 0.960. The van der Waals surface area contributed by atoms with Crippen LogP contribution < -0.4 is 0 Å². The highest BCUT2D eigenvalue weighted by molar-refractivity contribution is 5.75. The lowest BCUT2D eigenvalue weighted by Gasteiger charge is -2.51. The van der Waals surface area contributed by atoms with Crippen molar-refractivity contribution in [2.75, 3.05) is 39.3 Å². The van der Waals surface area contributed by atoms with Crippen molar-refractivity contribution in [3.05, 3.63) is 0 Å². The number of fused-ring (bicyclic) bond motifs is 3. The van der Waals surface area contributed by atoms with Crippen molar-refractivity contribution in [3.8, 4) is 0 Å². The zero-order chi connectivity index (χ0) is 20.3. The summed E-state index contributed by atoms with van der Waals surface area (Å²) < 4.78 is 12.1. The summed E-state index contributed by atoms with van der Waals surface area (Å²) in [5.74, 6) is 1.21. The highest BCUT2D eigenvalue weighted by Gasteiger charge is 2.65. The predicted octanol–water partition coefficient (Wildman–Crippen LogP) is 3.46. The van der Waals surface area contributed by atoms with Crippen molar-refractivity contribution >= 4 is 5.97 Å². The number of carbonyl (C=O) groups is 1. The molecule has 168 valence electrons. The van der Waals surface area contributed by atoms with Gasteiger partial charge in [0.05, 0.1) is 18.1 Å². The zero-order valence-electron chi connectivity index (χ0n) is 18.8. The standard InChI is InChI=1S/C25H40N2O3/c1-24-8-5-9-25(17-29-25)22(24)14-19-20(23(28)30-21(19)15-24)16-26-10-12-27(13-11-26)18-6-3-2-4-7-18/h18-22H,2-17H2,1H3/t19-,20?,21-,22?,24-,25?/m1/s1. The Kier molecular flexibility index (Phi) is 4.97. The molecule has 0 N–H and O–H groups in total. The lowest BCUT2D eigenvalue weighted by molar-refractivity contribution is -0.147. The first-order valence-electron chi connectivity index (χ1n) is 12.9. The molecule has 0 aromatic carbocycles. The third-order valence-corrected chi connectivity index (χ3v) is 10.0. The minimum Gasteiger partial charge on any atom is -0.462 e. The Hall–Kier alpha value is -0.650. The molecule has 3 heterocycles. The summed E-state index contributed by atoms with van der Waals surface area (Å²) in [7, 11) is 0. The molecule has 30 heavy (non-hydrogen) atoms. The van der Waals surface area contributed by atoms with E-state index in [-0.39, 0.29) is 23.6 Å². The first kappa shape index (κ1) is 20.0. The third kappa shape index (κ3) is 3.34. The van der Waals surface area contributed by atoms with E-state index in [4.69, 9.17) is 9.47 Å². The van der Waals surface area contributed by atoms with Gasteiger partial charge in [-0.25, -0.2) is 0 Å². The Morgan fingerprint density at radius 3 is 2.53 bits per heavy atom. The quantitative estimate of drug-likeness (QED) is 0.521. The number of piperazine rings is 1. The van der Waals surface area contributed by atoms with Crippen LogP contribution in [0.15, 0.2) is 0 Å². The van der Waals surface area contributed by atoms with Gasteiger partial charge >= 0.3 is 5.97 Å². The maximum absolute atomic E-state index is 12.9. The topological polar surface area (TPSA) is 45.3 Å². The van der Waals surface area contributed by atoms with E-state index in [2.05, 4.69) is 16.7 Å². The van der Waals surface area contributed by atoms with Gasteiger partial charge in [-0.15, -0.1) is 0 Å². The molecule has 6 atom stereocenters. The molecule has 5 heteroatoms. The number of rotatable bonds is 3. The van der Waals surface area contributed by atoms with Gasteiger partial charge in [0.25, 0.3) is 0 Å². The van der Waals surface area contributed by atoms with Crippen LogP contribution in [0.25, 0.3) is 0 Å². The van der Waals surface area contributed by atoms with Gasteiger partial charge in [0.1, 0.15) is 6.10 Å². The molecule has 6 aliphatic rings. The highest BCUT2D eigenvalue weighted by atomic mass is 16.6. The first-order valence-corrected chi connectivity index (χ1v) is 12.9. The van der Waals surface area contributed by atoms with Gasteiger partial charge in [0, 0.05) is 44.7 Å². The van der Waals surface area contributed by atoms with E-state index < -0.39 is 0 Å². The molecule has 6 fully saturated rings. The summed E-state index contributed by atoms with van der Waals surface area (Å²) in [5.41, 5.74) is 0.455. The average Bonchev–Trinajstić information content (AvgIpc) is 3.46. The molecule has 5 nitrogen and oxygen atoms in total. The molecule has 3 aliphatic heterocycles. The normalized spacial score (nSPS) is 47.7. The number of hydrogen-bond acceptors (Lipinski definition) is 5. The van der Waals surface area contributed by atoms with Crippen LogP contribution in [0.3, 0.4) is 0 Å². The highest BCUT2D eigenvalue weighted by Crippen LogP contribution is 2.62. The van der Waals surface area contributed by atoms with Gasteiger partial charge in [-0.05, 0) is 56.3 Å². The van der Waals surface area contributed by atoms with Gasteiger partial charge in [-0.2, -0.15) is 0 Å². The van der Waals surface area contributed by atoms with Crippen LogP contribution >= 0.6 is 0 Å². The molecule has 3 saturated carbocycles. The summed E-state index contributed by atoms with van der Waals surface area (Å²) in [5, 5.41) is 0. The number of ether oxygens (including phenoxy) is 2. The van der Waals surface area contributed by atoms with Crippen LogP contribution in [-0.4, -0.2) is 72.8 Å². The van der Waals surface area contributed by atoms with Gasteiger partial charge in [-0.3, -0.25) is 14.6 Å². The molecule has 3 saturated heterocycles. The van der Waals surface area contributed by atoms with Crippen molar-refractivity contribution in [2.24, 2.45) is 23.2 Å². The molecular weight excluding hydrogens is 376 g/mol. The molecule has 6 rings (SSSR count). The monoisotopic (exact) mass is 416 g/mol. The fourth-order valence-electron chi connectivity index (χ4n) is 8.20. The molecule has 1 spiro atoms. The van der Waals surface area contributed by atoms with E-state index in [0.717, 1.165) is 45.1 Å². The average molecular weight is 417 g/mol. The van der Waals surface area contributed by atoms with E-state index >= 15 is 0 Å². The Morgan fingerprint density at radius 2 is 1.80 bits per heavy atom. The first-order chi connectivity index (χ1) is 14.6. The minimum absolute atomic E-state index is 0.0820. The number of nitrogens with zero attached hydrogens (tertiary/aromatic N) is 2. The van der Waals surface area contributed by atoms with E-state index in [9.17, 15) is 4.79 Å². The van der Waals surface area contributed by atoms with Crippen LogP contribution in [-0.2, 0) is 14.3 Å². The van der Waals surface area contributed by atoms with Gasteiger partial charge in [0.2, 0.25) is 0 Å². The zero-order valence-corrected chi connectivity index (χ0v) is 18.8. The number of epoxide rings is 1. The summed E-state index contributed by atoms with van der Waals surface area (Å²) in [6.07, 6.45) is 13.2. The lowest BCUT2D eigenvalue weighted by atomic mass is 9.53. The van der Waals surface area contributed by atoms with Crippen molar-refractivity contribution < 1.29 is 14.3 Å². The molecule has 0 aromatic heterocycles. The lowest BCUT2D eigenvalue weighted by Crippen LogP contribution is -2.53. The molecule has 3 unspecified atom stereocenters. The van der Waals surface area contributed by atoms with Crippen LogP contribution in [0.1, 0.15) is 71.1 Å². The van der Waals surface area contributed by atoms with E-state index in [0.29, 0.717) is 17.3 Å². The Bertz CT molecular complexity index is 665. The summed E-state index contributed by atoms with van der Waals surface area (Å²) in [4.78, 5) is 18.2. The van der Waals surface area contributed by atoms with Crippen LogP contribution in [0.5, 0.6) is 0 Å². The smallest absolute Gasteiger partial charge is 0.310 e. The number of carbonyl (C=O) groups excluding carboxylic acids is 1. The molecule has 0 bridgehead atoms. The van der Waals surface area contributed by atoms with Crippen molar-refractivity contribution in [1.82, 2.24) is 9.80 Å². The second-order valence-electron chi connectivity index (χ2n) is 11.7. The van der Waals surface area contributed by atoms with Crippen molar-refractivity contribution in [1.29, 1.82) is 0 Å². The van der Waals surface area contributed by atoms with E-state index in [1.165, 1.54) is 64.5 Å². The second-order valence-corrected chi connectivity index (χ2v) is 11.7.